The van der Waals surface area contributed by atoms with Gasteiger partial charge in [0.2, 0.25) is 0 Å². The van der Waals surface area contributed by atoms with E-state index in [2.05, 4.69) is 22.4 Å². The second kappa shape index (κ2) is 5.12. The van der Waals surface area contributed by atoms with Crippen LogP contribution in [0.15, 0.2) is 18.2 Å². The van der Waals surface area contributed by atoms with E-state index in [9.17, 15) is 4.39 Å². The molecule has 1 unspecified atom stereocenters. The Kier molecular flexibility index (Phi) is 3.55. The number of rotatable bonds is 4. The smallest absolute Gasteiger partial charge is 0.184 e. The van der Waals surface area contributed by atoms with E-state index in [0.717, 1.165) is 12.8 Å². The molecule has 0 fully saturated rings. The van der Waals surface area contributed by atoms with Gasteiger partial charge in [-0.15, -0.1) is 5.10 Å². The lowest BCUT2D eigenvalue weighted by Crippen LogP contribution is -2.09. The van der Waals surface area contributed by atoms with E-state index in [1.54, 1.807) is 10.7 Å². The summed E-state index contributed by atoms with van der Waals surface area (Å²) in [5.41, 5.74) is 6.81. The van der Waals surface area contributed by atoms with Crippen molar-refractivity contribution < 1.29 is 4.39 Å². The van der Waals surface area contributed by atoms with Crippen LogP contribution in [0, 0.1) is 5.82 Å². The molecule has 1 aromatic carbocycles. The van der Waals surface area contributed by atoms with Gasteiger partial charge in [-0.05, 0) is 42.0 Å². The molecule has 2 N–H and O–H groups in total. The van der Waals surface area contributed by atoms with Crippen LogP contribution in [0.3, 0.4) is 0 Å². The lowest BCUT2D eigenvalue weighted by atomic mass is 10.1. The molecule has 1 aromatic heterocycles. The molecule has 18 heavy (non-hydrogen) atoms. The van der Waals surface area contributed by atoms with E-state index in [-0.39, 0.29) is 11.9 Å². The van der Waals surface area contributed by atoms with Crippen molar-refractivity contribution in [3.8, 4) is 11.4 Å². The van der Waals surface area contributed by atoms with Gasteiger partial charge in [-0.1, -0.05) is 13.3 Å². The van der Waals surface area contributed by atoms with Crippen molar-refractivity contribution >= 4 is 5.69 Å². The Morgan fingerprint density at radius 1 is 1.44 bits per heavy atom. The molecule has 2 rings (SSSR count). The zero-order valence-corrected chi connectivity index (χ0v) is 10.5. The summed E-state index contributed by atoms with van der Waals surface area (Å²) in [7, 11) is 0. The Bertz CT molecular complexity index is 537. The number of benzene rings is 1. The first-order valence-corrected chi connectivity index (χ1v) is 5.96. The van der Waals surface area contributed by atoms with Gasteiger partial charge in [-0.2, -0.15) is 0 Å². The Morgan fingerprint density at radius 2 is 2.22 bits per heavy atom. The third-order valence-electron chi connectivity index (χ3n) is 2.87. The van der Waals surface area contributed by atoms with Crippen LogP contribution in [0.4, 0.5) is 10.1 Å². The minimum absolute atomic E-state index is 0.185. The molecule has 1 atom stereocenters. The van der Waals surface area contributed by atoms with Crippen LogP contribution < -0.4 is 5.73 Å². The highest BCUT2D eigenvalue weighted by atomic mass is 19.1. The maximum absolute atomic E-state index is 13.0. The molecule has 2 aromatic rings. The standard InChI is InChI=1S/C12H16FN5/c1-3-4-8(2)18-12(15-16-17-18)10-6-5-9(13)7-11(10)14/h5-8H,3-4,14H2,1-2H3. The van der Waals surface area contributed by atoms with E-state index in [4.69, 9.17) is 5.73 Å². The summed E-state index contributed by atoms with van der Waals surface area (Å²) in [5, 5.41) is 11.6. The van der Waals surface area contributed by atoms with E-state index in [1.807, 2.05) is 6.92 Å². The molecule has 0 spiro atoms. The molecular weight excluding hydrogens is 233 g/mol. The van der Waals surface area contributed by atoms with Gasteiger partial charge in [-0.25, -0.2) is 9.07 Å². The largest absolute Gasteiger partial charge is 0.398 e. The monoisotopic (exact) mass is 249 g/mol. The fraction of sp³-hybridized carbons (Fsp3) is 0.417. The first-order valence-electron chi connectivity index (χ1n) is 5.96. The fourth-order valence-corrected chi connectivity index (χ4v) is 1.95. The highest BCUT2D eigenvalue weighted by Crippen LogP contribution is 2.26. The Labute approximate surface area is 105 Å². The summed E-state index contributed by atoms with van der Waals surface area (Å²) in [6.07, 6.45) is 2.01. The van der Waals surface area contributed by atoms with Crippen molar-refractivity contribution in [1.29, 1.82) is 0 Å². The van der Waals surface area contributed by atoms with Crippen molar-refractivity contribution in [2.75, 3.05) is 5.73 Å². The molecule has 0 amide bonds. The summed E-state index contributed by atoms with van der Waals surface area (Å²) < 4.78 is 14.8. The molecule has 0 saturated heterocycles. The minimum atomic E-state index is -0.364. The van der Waals surface area contributed by atoms with Crippen molar-refractivity contribution in [2.24, 2.45) is 0 Å². The molecular formula is C12H16FN5. The van der Waals surface area contributed by atoms with Gasteiger partial charge in [0.25, 0.3) is 0 Å². The Morgan fingerprint density at radius 3 is 2.89 bits per heavy atom. The average molecular weight is 249 g/mol. The number of nitrogens with zero attached hydrogens (tertiary/aromatic N) is 4. The predicted octanol–water partition coefficient (Wildman–Crippen LogP) is 2.42. The Hall–Kier alpha value is -1.98. The number of nitrogens with two attached hydrogens (primary N) is 1. The van der Waals surface area contributed by atoms with Gasteiger partial charge in [0.05, 0.1) is 6.04 Å². The SMILES string of the molecule is CCCC(C)n1nnnc1-c1ccc(F)cc1N. The van der Waals surface area contributed by atoms with Gasteiger partial charge < -0.3 is 5.73 Å². The highest BCUT2D eigenvalue weighted by Gasteiger charge is 2.16. The van der Waals surface area contributed by atoms with Crippen LogP contribution in [-0.4, -0.2) is 20.2 Å². The number of anilines is 1. The van der Waals surface area contributed by atoms with E-state index in [0.29, 0.717) is 17.1 Å². The zero-order chi connectivity index (χ0) is 13.1. The van der Waals surface area contributed by atoms with Gasteiger partial charge in [0.15, 0.2) is 5.82 Å². The fourth-order valence-electron chi connectivity index (χ4n) is 1.95. The molecule has 0 aliphatic rings. The van der Waals surface area contributed by atoms with Crippen LogP contribution in [0.1, 0.15) is 32.7 Å². The van der Waals surface area contributed by atoms with Gasteiger partial charge in [0.1, 0.15) is 5.82 Å². The summed E-state index contributed by atoms with van der Waals surface area (Å²) in [4.78, 5) is 0. The van der Waals surface area contributed by atoms with Crippen LogP contribution >= 0.6 is 0 Å². The topological polar surface area (TPSA) is 69.6 Å². The second-order valence-corrected chi connectivity index (χ2v) is 4.32. The van der Waals surface area contributed by atoms with Crippen molar-refractivity contribution in [1.82, 2.24) is 20.2 Å². The van der Waals surface area contributed by atoms with Crippen molar-refractivity contribution in [2.45, 2.75) is 32.7 Å². The van der Waals surface area contributed by atoms with Crippen molar-refractivity contribution in [3.05, 3.63) is 24.0 Å². The molecule has 1 heterocycles. The molecule has 5 nitrogen and oxygen atoms in total. The summed E-state index contributed by atoms with van der Waals surface area (Å²) in [6, 6.07) is 4.42. The molecule has 0 aliphatic heterocycles. The quantitative estimate of drug-likeness (QED) is 0.845. The molecule has 0 radical (unpaired) electrons. The number of hydrogen-bond donors (Lipinski definition) is 1. The van der Waals surface area contributed by atoms with Gasteiger partial charge in [0, 0.05) is 11.3 Å². The van der Waals surface area contributed by atoms with E-state index in [1.165, 1.54) is 12.1 Å². The molecule has 0 bridgehead atoms. The van der Waals surface area contributed by atoms with Gasteiger partial charge >= 0.3 is 0 Å². The molecule has 0 saturated carbocycles. The summed E-state index contributed by atoms with van der Waals surface area (Å²) >= 11 is 0. The van der Waals surface area contributed by atoms with Crippen molar-refractivity contribution in [3.63, 3.8) is 0 Å². The number of aromatic nitrogens is 4. The first kappa shape index (κ1) is 12.5. The van der Waals surface area contributed by atoms with Gasteiger partial charge in [-0.3, -0.25) is 0 Å². The maximum atomic E-state index is 13.0. The molecule has 96 valence electrons. The average Bonchev–Trinajstić information content (AvgIpc) is 2.78. The normalized spacial score (nSPS) is 12.6. The maximum Gasteiger partial charge on any atom is 0.184 e. The third-order valence-corrected chi connectivity index (χ3v) is 2.87. The Balaban J connectivity index is 2.42. The molecule has 0 aliphatic carbocycles. The molecule has 6 heteroatoms. The zero-order valence-electron chi connectivity index (χ0n) is 10.5. The van der Waals surface area contributed by atoms with E-state index < -0.39 is 0 Å². The summed E-state index contributed by atoms with van der Waals surface area (Å²) in [5.74, 6) is 0.213. The third kappa shape index (κ3) is 2.32. The lowest BCUT2D eigenvalue weighted by molar-refractivity contribution is 0.447. The highest BCUT2D eigenvalue weighted by molar-refractivity contribution is 5.71. The van der Waals surface area contributed by atoms with E-state index >= 15 is 0 Å². The lowest BCUT2D eigenvalue weighted by Gasteiger charge is -2.13. The minimum Gasteiger partial charge on any atom is -0.398 e. The van der Waals surface area contributed by atoms with Crippen LogP contribution in [0.2, 0.25) is 0 Å². The number of nitrogen functional groups attached to an aromatic ring is 1. The predicted molar refractivity (Wildman–Crippen MR) is 67.2 cm³/mol. The first-order chi connectivity index (χ1) is 8.63. The number of tetrazole rings is 1. The van der Waals surface area contributed by atoms with Crippen LogP contribution in [-0.2, 0) is 0 Å². The summed E-state index contributed by atoms with van der Waals surface area (Å²) in [6.45, 7) is 4.15. The number of halogens is 1. The second-order valence-electron chi connectivity index (χ2n) is 4.32. The van der Waals surface area contributed by atoms with Crippen LogP contribution in [0.25, 0.3) is 11.4 Å². The number of hydrogen-bond acceptors (Lipinski definition) is 4. The van der Waals surface area contributed by atoms with Crippen LogP contribution in [0.5, 0.6) is 0 Å².